The largest absolute Gasteiger partial charge is 0.477 e. The van der Waals surface area contributed by atoms with Gasteiger partial charge in [0.2, 0.25) is 0 Å². The van der Waals surface area contributed by atoms with E-state index in [0.717, 1.165) is 6.54 Å². The summed E-state index contributed by atoms with van der Waals surface area (Å²) in [5.41, 5.74) is -0.180. The number of nitrogens with one attached hydrogen (secondary N) is 1. The molecule has 1 saturated heterocycles. The van der Waals surface area contributed by atoms with E-state index in [1.54, 1.807) is 0 Å². The highest BCUT2D eigenvalue weighted by atomic mass is 16.4. The van der Waals surface area contributed by atoms with Crippen LogP contribution in [0.15, 0.2) is 0 Å². The average molecular weight is 212 g/mol. The summed E-state index contributed by atoms with van der Waals surface area (Å²) in [5, 5.41) is 16.0. The number of nitrogens with zero attached hydrogens (tertiary/aromatic N) is 1. The second-order valence-corrected chi connectivity index (χ2v) is 4.42. The summed E-state index contributed by atoms with van der Waals surface area (Å²) in [7, 11) is 0. The van der Waals surface area contributed by atoms with Crippen LogP contribution in [-0.4, -0.2) is 40.3 Å². The highest BCUT2D eigenvalue weighted by Crippen LogP contribution is 2.20. The van der Waals surface area contributed by atoms with Crippen LogP contribution in [-0.2, 0) is 4.79 Å². The van der Waals surface area contributed by atoms with Gasteiger partial charge in [-0.2, -0.15) is 0 Å². The number of hydrogen-bond donors (Lipinski definition) is 2. The molecule has 1 rings (SSSR count). The van der Waals surface area contributed by atoms with Crippen molar-refractivity contribution in [2.24, 2.45) is 0 Å². The first-order valence-corrected chi connectivity index (χ1v) is 5.59. The number of carboxylic acid groups (broad SMARTS) is 1. The average Bonchev–Trinajstić information content (AvgIpc) is 2.18. The van der Waals surface area contributed by atoms with Crippen LogP contribution in [0.25, 0.3) is 0 Å². The lowest BCUT2D eigenvalue weighted by Crippen LogP contribution is -2.44. The molecule has 86 valence electrons. The number of carbonyl (C=O) groups is 1. The Hall–Kier alpha value is -0.900. The zero-order valence-corrected chi connectivity index (χ0v) is 9.49. The van der Waals surface area contributed by atoms with Crippen LogP contribution in [0, 0.1) is 5.41 Å². The van der Waals surface area contributed by atoms with Crippen LogP contribution in [0.5, 0.6) is 0 Å². The summed E-state index contributed by atoms with van der Waals surface area (Å²) in [6.07, 6.45) is 3.99. The zero-order chi connectivity index (χ0) is 11.4. The number of aliphatic carboxylic acids is 1. The van der Waals surface area contributed by atoms with Gasteiger partial charge in [-0.1, -0.05) is 6.42 Å². The van der Waals surface area contributed by atoms with E-state index in [1.165, 1.54) is 19.3 Å². The lowest BCUT2D eigenvalue weighted by Gasteiger charge is -2.37. The molecule has 2 atom stereocenters. The molecule has 0 bridgehead atoms. The van der Waals surface area contributed by atoms with E-state index in [1.807, 2.05) is 6.92 Å². The lowest BCUT2D eigenvalue weighted by molar-refractivity contribution is -0.129. The second-order valence-electron chi connectivity index (χ2n) is 4.42. The van der Waals surface area contributed by atoms with E-state index < -0.39 is 5.97 Å². The molecule has 2 N–H and O–H groups in total. The van der Waals surface area contributed by atoms with Gasteiger partial charge in [-0.25, -0.2) is 4.79 Å². The van der Waals surface area contributed by atoms with E-state index in [0.29, 0.717) is 12.5 Å². The van der Waals surface area contributed by atoms with Gasteiger partial charge in [0.1, 0.15) is 5.71 Å². The summed E-state index contributed by atoms with van der Waals surface area (Å²) in [6, 6.07) is 0.694. The molecule has 0 amide bonds. The molecule has 4 nitrogen and oxygen atoms in total. The van der Waals surface area contributed by atoms with E-state index in [2.05, 4.69) is 11.8 Å². The van der Waals surface area contributed by atoms with E-state index >= 15 is 0 Å². The fraction of sp³-hybridized carbons (Fsp3) is 0.818. The zero-order valence-electron chi connectivity index (χ0n) is 9.49. The van der Waals surface area contributed by atoms with E-state index in [4.69, 9.17) is 10.5 Å². The molecule has 1 aliphatic rings. The topological polar surface area (TPSA) is 64.4 Å². The lowest BCUT2D eigenvalue weighted by atomic mass is 9.99. The summed E-state index contributed by atoms with van der Waals surface area (Å²) in [4.78, 5) is 12.9. The van der Waals surface area contributed by atoms with Crippen LogP contribution in [0.4, 0.5) is 0 Å². The third-order valence-electron chi connectivity index (χ3n) is 3.18. The quantitative estimate of drug-likeness (QED) is 0.698. The fourth-order valence-corrected chi connectivity index (χ4v) is 2.28. The third kappa shape index (κ3) is 3.30. The first-order valence-electron chi connectivity index (χ1n) is 5.59. The number of hydrogen-bond acceptors (Lipinski definition) is 3. The molecule has 4 heteroatoms. The summed E-state index contributed by atoms with van der Waals surface area (Å²) >= 11 is 0. The standard InChI is InChI=1S/C11H20N2O2/c1-8-5-3-4-6-13(8)9(2)7-10(12)11(14)15/h8-9,12H,3-7H2,1-2H3,(H,14,15)/t8-,9-/m0/s1. The fourth-order valence-electron chi connectivity index (χ4n) is 2.28. The molecule has 0 aromatic heterocycles. The molecule has 0 radical (unpaired) electrons. The van der Waals surface area contributed by atoms with Crippen LogP contribution >= 0.6 is 0 Å². The molecule has 0 aromatic carbocycles. The van der Waals surface area contributed by atoms with Crippen molar-refractivity contribution in [2.45, 2.75) is 51.6 Å². The van der Waals surface area contributed by atoms with Crippen molar-refractivity contribution in [2.75, 3.05) is 6.54 Å². The molecular weight excluding hydrogens is 192 g/mol. The molecule has 1 fully saturated rings. The molecule has 0 aliphatic carbocycles. The minimum atomic E-state index is -1.09. The van der Waals surface area contributed by atoms with Crippen LogP contribution < -0.4 is 0 Å². The van der Waals surface area contributed by atoms with Gasteiger partial charge in [0.05, 0.1) is 0 Å². The molecule has 0 aromatic rings. The predicted molar refractivity (Wildman–Crippen MR) is 59.5 cm³/mol. The number of carboxylic acids is 1. The summed E-state index contributed by atoms with van der Waals surface area (Å²) in [6.45, 7) is 5.23. The monoisotopic (exact) mass is 212 g/mol. The molecule has 0 unspecified atom stereocenters. The van der Waals surface area contributed by atoms with Gasteiger partial charge in [-0.05, 0) is 33.2 Å². The number of rotatable bonds is 4. The van der Waals surface area contributed by atoms with Crippen molar-refractivity contribution in [3.63, 3.8) is 0 Å². The normalized spacial score (nSPS) is 24.8. The SMILES string of the molecule is C[C@H]1CCCCN1[C@@H](C)CC(=N)C(=O)O. The maximum Gasteiger partial charge on any atom is 0.349 e. The highest BCUT2D eigenvalue weighted by molar-refractivity contribution is 6.34. The molecule has 0 spiro atoms. The van der Waals surface area contributed by atoms with E-state index in [-0.39, 0.29) is 11.8 Å². The Morgan fingerprint density at radius 2 is 2.27 bits per heavy atom. The van der Waals surface area contributed by atoms with Gasteiger partial charge >= 0.3 is 5.97 Å². The Labute approximate surface area is 90.8 Å². The van der Waals surface area contributed by atoms with Crippen molar-refractivity contribution in [1.29, 1.82) is 5.41 Å². The molecule has 1 heterocycles. The Bertz CT molecular complexity index is 253. The van der Waals surface area contributed by atoms with Crippen molar-refractivity contribution >= 4 is 11.7 Å². The van der Waals surface area contributed by atoms with Gasteiger partial charge in [0, 0.05) is 18.5 Å². The van der Waals surface area contributed by atoms with Crippen LogP contribution in [0.2, 0.25) is 0 Å². The minimum absolute atomic E-state index is 0.170. The Morgan fingerprint density at radius 1 is 1.60 bits per heavy atom. The maximum absolute atomic E-state index is 10.6. The van der Waals surface area contributed by atoms with Gasteiger partial charge in [0.25, 0.3) is 0 Å². The third-order valence-corrected chi connectivity index (χ3v) is 3.18. The smallest absolute Gasteiger partial charge is 0.349 e. The second kappa shape index (κ2) is 5.26. The maximum atomic E-state index is 10.6. The van der Waals surface area contributed by atoms with Gasteiger partial charge in [0.15, 0.2) is 0 Å². The van der Waals surface area contributed by atoms with Crippen LogP contribution in [0.3, 0.4) is 0 Å². The molecule has 1 aliphatic heterocycles. The van der Waals surface area contributed by atoms with Crippen molar-refractivity contribution in [3.8, 4) is 0 Å². The van der Waals surface area contributed by atoms with E-state index in [9.17, 15) is 4.79 Å². The Balaban J connectivity index is 2.48. The van der Waals surface area contributed by atoms with Crippen molar-refractivity contribution in [3.05, 3.63) is 0 Å². The molecular formula is C11H20N2O2. The van der Waals surface area contributed by atoms with Gasteiger partial charge in [-0.15, -0.1) is 0 Å². The van der Waals surface area contributed by atoms with Gasteiger partial charge < -0.3 is 5.11 Å². The number of likely N-dealkylation sites (tertiary alicyclic amines) is 1. The Morgan fingerprint density at radius 3 is 2.80 bits per heavy atom. The number of piperidine rings is 1. The molecule has 15 heavy (non-hydrogen) atoms. The van der Waals surface area contributed by atoms with Crippen molar-refractivity contribution < 1.29 is 9.90 Å². The summed E-state index contributed by atoms with van der Waals surface area (Å²) in [5.74, 6) is -1.09. The first-order chi connectivity index (χ1) is 7.02. The Kier molecular flexibility index (Phi) is 4.27. The highest BCUT2D eigenvalue weighted by Gasteiger charge is 2.24. The van der Waals surface area contributed by atoms with Gasteiger partial charge in [-0.3, -0.25) is 10.3 Å². The summed E-state index contributed by atoms with van der Waals surface area (Å²) < 4.78 is 0. The first kappa shape index (κ1) is 12.2. The van der Waals surface area contributed by atoms with Crippen LogP contribution in [0.1, 0.15) is 39.5 Å². The predicted octanol–water partition coefficient (Wildman–Crippen LogP) is 1.74. The molecule has 0 saturated carbocycles. The minimum Gasteiger partial charge on any atom is -0.477 e. The van der Waals surface area contributed by atoms with Crippen molar-refractivity contribution in [1.82, 2.24) is 4.90 Å².